The maximum Gasteiger partial charge on any atom is 0.241 e. The largest absolute Gasteiger partial charge is 0.493 e. The molecule has 1 fully saturated rings. The molecular formula is C21H27N5O4. The van der Waals surface area contributed by atoms with Crippen LogP contribution in [0.5, 0.6) is 11.5 Å². The molecule has 30 heavy (non-hydrogen) atoms. The molecule has 0 amide bonds. The van der Waals surface area contributed by atoms with Gasteiger partial charge in [0.25, 0.3) is 0 Å². The van der Waals surface area contributed by atoms with Crippen molar-refractivity contribution in [3.8, 4) is 22.9 Å². The van der Waals surface area contributed by atoms with Gasteiger partial charge in [-0.25, -0.2) is 0 Å². The van der Waals surface area contributed by atoms with Gasteiger partial charge in [0.05, 0.1) is 33.1 Å². The second-order valence-corrected chi connectivity index (χ2v) is 7.55. The van der Waals surface area contributed by atoms with Gasteiger partial charge in [-0.3, -0.25) is 9.58 Å². The summed E-state index contributed by atoms with van der Waals surface area (Å²) in [5.41, 5.74) is 1.64. The SMILES string of the molecule is COc1ccc(-c2noc(CN3CCC[C@H]3C[C@@H](O)c3cnn(C)c3)n2)cc1OC. The Morgan fingerprint density at radius 2 is 2.10 bits per heavy atom. The minimum absolute atomic E-state index is 0.261. The molecule has 0 radical (unpaired) electrons. The number of hydrogen-bond donors (Lipinski definition) is 1. The Morgan fingerprint density at radius 3 is 2.83 bits per heavy atom. The Labute approximate surface area is 175 Å². The number of aliphatic hydroxyl groups excluding tert-OH is 1. The Kier molecular flexibility index (Phi) is 6.01. The van der Waals surface area contributed by atoms with Crippen LogP contribution in [0.1, 0.15) is 36.8 Å². The van der Waals surface area contributed by atoms with E-state index in [1.54, 1.807) is 25.1 Å². The first-order valence-electron chi connectivity index (χ1n) is 10.0. The van der Waals surface area contributed by atoms with Gasteiger partial charge in [0.15, 0.2) is 11.5 Å². The van der Waals surface area contributed by atoms with Crippen molar-refractivity contribution in [2.75, 3.05) is 20.8 Å². The Hall–Kier alpha value is -2.91. The number of methoxy groups -OCH3 is 2. The van der Waals surface area contributed by atoms with Crippen LogP contribution in [-0.4, -0.2) is 56.7 Å². The van der Waals surface area contributed by atoms with E-state index in [1.807, 2.05) is 31.4 Å². The van der Waals surface area contributed by atoms with Crippen molar-refractivity contribution in [3.05, 3.63) is 42.0 Å². The molecule has 1 aromatic carbocycles. The summed E-state index contributed by atoms with van der Waals surface area (Å²) in [7, 11) is 5.04. The fourth-order valence-electron chi connectivity index (χ4n) is 3.96. The fraction of sp³-hybridized carbons (Fsp3) is 0.476. The lowest BCUT2D eigenvalue weighted by molar-refractivity contribution is 0.112. The van der Waals surface area contributed by atoms with Crippen LogP contribution in [0.25, 0.3) is 11.4 Å². The van der Waals surface area contributed by atoms with Crippen molar-refractivity contribution in [2.24, 2.45) is 7.05 Å². The van der Waals surface area contributed by atoms with Crippen molar-refractivity contribution < 1.29 is 19.1 Å². The molecular weight excluding hydrogens is 386 g/mol. The van der Waals surface area contributed by atoms with Crippen molar-refractivity contribution >= 4 is 0 Å². The highest BCUT2D eigenvalue weighted by Crippen LogP contribution is 2.32. The highest BCUT2D eigenvalue weighted by atomic mass is 16.5. The highest BCUT2D eigenvalue weighted by molar-refractivity contribution is 5.60. The van der Waals surface area contributed by atoms with E-state index in [0.717, 1.165) is 30.5 Å². The van der Waals surface area contributed by atoms with Crippen molar-refractivity contribution in [3.63, 3.8) is 0 Å². The maximum absolute atomic E-state index is 10.6. The smallest absolute Gasteiger partial charge is 0.241 e. The molecule has 2 atom stereocenters. The molecule has 0 spiro atoms. The molecule has 1 aliphatic rings. The van der Waals surface area contributed by atoms with Gasteiger partial charge < -0.3 is 19.1 Å². The van der Waals surface area contributed by atoms with Gasteiger partial charge >= 0.3 is 0 Å². The maximum atomic E-state index is 10.6. The Balaban J connectivity index is 1.42. The molecule has 4 rings (SSSR count). The molecule has 0 aliphatic carbocycles. The second kappa shape index (κ2) is 8.85. The third-order valence-electron chi connectivity index (χ3n) is 5.55. The predicted molar refractivity (Wildman–Crippen MR) is 109 cm³/mol. The molecule has 9 heteroatoms. The fourth-order valence-corrected chi connectivity index (χ4v) is 3.96. The Bertz CT molecular complexity index is 985. The summed E-state index contributed by atoms with van der Waals surface area (Å²) >= 11 is 0. The molecule has 0 bridgehead atoms. The quantitative estimate of drug-likeness (QED) is 0.602. The summed E-state index contributed by atoms with van der Waals surface area (Å²) in [6.07, 6.45) is 5.82. The average Bonchev–Trinajstić information content (AvgIpc) is 3.50. The van der Waals surface area contributed by atoms with E-state index in [0.29, 0.717) is 36.2 Å². The van der Waals surface area contributed by atoms with Crippen molar-refractivity contribution in [1.82, 2.24) is 24.8 Å². The van der Waals surface area contributed by atoms with Crippen LogP contribution in [0.15, 0.2) is 35.1 Å². The van der Waals surface area contributed by atoms with Crippen molar-refractivity contribution in [2.45, 2.75) is 38.0 Å². The number of aromatic nitrogens is 4. The van der Waals surface area contributed by atoms with Crippen LogP contribution in [0.3, 0.4) is 0 Å². The summed E-state index contributed by atoms with van der Waals surface area (Å²) in [6, 6.07) is 5.78. The average molecular weight is 413 g/mol. The van der Waals surface area contributed by atoms with E-state index in [-0.39, 0.29) is 6.04 Å². The molecule has 0 unspecified atom stereocenters. The lowest BCUT2D eigenvalue weighted by Crippen LogP contribution is -2.30. The van der Waals surface area contributed by atoms with Gasteiger partial charge in [-0.2, -0.15) is 10.1 Å². The predicted octanol–water partition coefficient (Wildman–Crippen LogP) is 2.58. The first kappa shape index (κ1) is 20.4. The number of rotatable bonds is 8. The topological polar surface area (TPSA) is 98.7 Å². The lowest BCUT2D eigenvalue weighted by Gasteiger charge is -2.24. The van der Waals surface area contributed by atoms with Crippen LogP contribution < -0.4 is 9.47 Å². The zero-order chi connectivity index (χ0) is 21.1. The van der Waals surface area contributed by atoms with E-state index in [9.17, 15) is 5.11 Å². The summed E-state index contributed by atoms with van der Waals surface area (Å²) < 4.78 is 17.8. The van der Waals surface area contributed by atoms with Gasteiger partial charge in [-0.15, -0.1) is 0 Å². The molecule has 0 saturated carbocycles. The number of likely N-dealkylation sites (tertiary alicyclic amines) is 1. The molecule has 2 aromatic heterocycles. The van der Waals surface area contributed by atoms with E-state index >= 15 is 0 Å². The van der Waals surface area contributed by atoms with Gasteiger partial charge in [-0.05, 0) is 44.0 Å². The van der Waals surface area contributed by atoms with Crippen LogP contribution in [0.4, 0.5) is 0 Å². The van der Waals surface area contributed by atoms with Gasteiger partial charge in [-0.1, -0.05) is 5.16 Å². The minimum atomic E-state index is -0.533. The van der Waals surface area contributed by atoms with Gasteiger partial charge in [0.1, 0.15) is 0 Å². The molecule has 160 valence electrons. The zero-order valence-corrected chi connectivity index (χ0v) is 17.5. The van der Waals surface area contributed by atoms with Gasteiger partial charge in [0, 0.05) is 30.4 Å². The number of benzene rings is 1. The molecule has 1 aliphatic heterocycles. The van der Waals surface area contributed by atoms with Crippen molar-refractivity contribution in [1.29, 1.82) is 0 Å². The standard InChI is InChI=1S/C21H27N5O4/c1-25-12-15(11-22-25)17(27)10-16-5-4-8-26(16)13-20-23-21(24-30-20)14-6-7-18(28-2)19(9-14)29-3/h6-7,9,11-12,16-17,27H,4-5,8,10,13H2,1-3H3/t16-,17+/m0/s1. The number of nitrogens with zero attached hydrogens (tertiary/aromatic N) is 5. The molecule has 3 aromatic rings. The second-order valence-electron chi connectivity index (χ2n) is 7.55. The normalized spacial score (nSPS) is 17.9. The van der Waals surface area contributed by atoms with Crippen LogP contribution in [-0.2, 0) is 13.6 Å². The lowest BCUT2D eigenvalue weighted by atomic mass is 10.0. The minimum Gasteiger partial charge on any atom is -0.493 e. The third-order valence-corrected chi connectivity index (χ3v) is 5.55. The highest BCUT2D eigenvalue weighted by Gasteiger charge is 2.29. The summed E-state index contributed by atoms with van der Waals surface area (Å²) in [6.45, 7) is 1.50. The van der Waals surface area contributed by atoms with Gasteiger partial charge in [0.2, 0.25) is 11.7 Å². The van der Waals surface area contributed by atoms with Crippen LogP contribution >= 0.6 is 0 Å². The molecule has 1 N–H and O–H groups in total. The molecule has 1 saturated heterocycles. The van der Waals surface area contributed by atoms with Crippen LogP contribution in [0, 0.1) is 0 Å². The van der Waals surface area contributed by atoms with E-state index < -0.39 is 6.10 Å². The number of hydrogen-bond acceptors (Lipinski definition) is 8. The first-order valence-corrected chi connectivity index (χ1v) is 10.0. The monoisotopic (exact) mass is 413 g/mol. The third kappa shape index (κ3) is 4.31. The van der Waals surface area contributed by atoms with E-state index in [1.165, 1.54) is 0 Å². The first-order chi connectivity index (χ1) is 14.6. The van der Waals surface area contributed by atoms with Crippen LogP contribution in [0.2, 0.25) is 0 Å². The summed E-state index contributed by atoms with van der Waals surface area (Å²) in [4.78, 5) is 6.86. The summed E-state index contributed by atoms with van der Waals surface area (Å²) in [5, 5.41) is 18.8. The van der Waals surface area contributed by atoms with E-state index in [4.69, 9.17) is 14.0 Å². The molecule has 3 heterocycles. The number of aliphatic hydroxyl groups is 1. The molecule has 9 nitrogen and oxygen atoms in total. The van der Waals surface area contributed by atoms with E-state index in [2.05, 4.69) is 20.1 Å². The zero-order valence-electron chi connectivity index (χ0n) is 17.5. The number of aryl methyl sites for hydroxylation is 1. The number of ether oxygens (including phenoxy) is 2. The Morgan fingerprint density at radius 1 is 1.27 bits per heavy atom. The summed E-state index contributed by atoms with van der Waals surface area (Å²) in [5.74, 6) is 2.34.